The van der Waals surface area contributed by atoms with Crippen LogP contribution in [0.2, 0.25) is 0 Å². The summed E-state index contributed by atoms with van der Waals surface area (Å²) in [6, 6.07) is 0. The van der Waals surface area contributed by atoms with Gasteiger partial charge in [0.25, 0.3) is 0 Å². The molecule has 1 atom stereocenters. The summed E-state index contributed by atoms with van der Waals surface area (Å²) in [5.41, 5.74) is 0.515. The van der Waals surface area contributed by atoms with Crippen molar-refractivity contribution < 1.29 is 0 Å². The van der Waals surface area contributed by atoms with E-state index in [1.807, 2.05) is 0 Å². The number of hydrogen-bond donors (Lipinski definition) is 1. The lowest BCUT2D eigenvalue weighted by atomic mass is 10.2. The Kier molecular flexibility index (Phi) is 4.29. The Morgan fingerprint density at radius 1 is 1.75 bits per heavy atom. The van der Waals surface area contributed by atoms with Crippen molar-refractivity contribution in [3.05, 3.63) is 0 Å². The highest BCUT2D eigenvalue weighted by atomic mass is 35.5. The first-order valence-electron chi connectivity index (χ1n) is 2.46. The van der Waals surface area contributed by atoms with E-state index < -0.39 is 0 Å². The quantitative estimate of drug-likeness (QED) is 0.476. The molecule has 0 saturated heterocycles. The van der Waals surface area contributed by atoms with Gasteiger partial charge in [0.2, 0.25) is 0 Å². The van der Waals surface area contributed by atoms with E-state index in [0.717, 1.165) is 0 Å². The SMILES string of the molecule is CC(Cl)C(=N)CCCl. The van der Waals surface area contributed by atoms with Gasteiger partial charge < -0.3 is 5.41 Å². The van der Waals surface area contributed by atoms with Crippen molar-refractivity contribution in [3.8, 4) is 0 Å². The highest BCUT2D eigenvalue weighted by molar-refractivity contribution is 6.32. The molecule has 0 aliphatic carbocycles. The summed E-state index contributed by atoms with van der Waals surface area (Å²) in [4.78, 5) is 0. The van der Waals surface area contributed by atoms with E-state index in [2.05, 4.69) is 0 Å². The second kappa shape index (κ2) is 4.16. The predicted octanol–water partition coefficient (Wildman–Crippen LogP) is 2.26. The summed E-state index contributed by atoms with van der Waals surface area (Å²) in [7, 11) is 0. The summed E-state index contributed by atoms with van der Waals surface area (Å²) >= 11 is 10.9. The minimum atomic E-state index is -0.159. The summed E-state index contributed by atoms with van der Waals surface area (Å²) in [6.07, 6.45) is 0.603. The summed E-state index contributed by atoms with van der Waals surface area (Å²) in [5.74, 6) is 0.496. The van der Waals surface area contributed by atoms with Crippen molar-refractivity contribution in [3.63, 3.8) is 0 Å². The number of nitrogens with one attached hydrogen (secondary N) is 1. The second-order valence-electron chi connectivity index (χ2n) is 1.58. The standard InChI is InChI=1S/C5H9Cl2N/c1-4(7)5(8)2-3-6/h4,8H,2-3H2,1H3. The van der Waals surface area contributed by atoms with Gasteiger partial charge in [-0.15, -0.1) is 23.2 Å². The monoisotopic (exact) mass is 153 g/mol. The van der Waals surface area contributed by atoms with E-state index in [-0.39, 0.29) is 5.38 Å². The number of halogens is 2. The molecule has 0 bridgehead atoms. The molecule has 0 spiro atoms. The van der Waals surface area contributed by atoms with Crippen LogP contribution in [0.3, 0.4) is 0 Å². The van der Waals surface area contributed by atoms with Gasteiger partial charge in [-0.3, -0.25) is 0 Å². The zero-order valence-corrected chi connectivity index (χ0v) is 6.26. The first-order chi connectivity index (χ1) is 3.68. The summed E-state index contributed by atoms with van der Waals surface area (Å²) < 4.78 is 0. The molecule has 0 fully saturated rings. The molecule has 0 aromatic heterocycles. The minimum absolute atomic E-state index is 0.159. The van der Waals surface area contributed by atoms with Crippen LogP contribution in [-0.2, 0) is 0 Å². The van der Waals surface area contributed by atoms with Gasteiger partial charge in [0.15, 0.2) is 0 Å². The number of alkyl halides is 2. The third kappa shape index (κ3) is 3.28. The molecule has 1 nitrogen and oxygen atoms in total. The fraction of sp³-hybridized carbons (Fsp3) is 0.800. The molecule has 0 aliphatic heterocycles. The maximum Gasteiger partial charge on any atom is 0.0683 e. The molecule has 1 N–H and O–H groups in total. The van der Waals surface area contributed by atoms with Crippen molar-refractivity contribution in [2.45, 2.75) is 18.7 Å². The Hall–Kier alpha value is 0.250. The van der Waals surface area contributed by atoms with E-state index in [4.69, 9.17) is 28.6 Å². The second-order valence-corrected chi connectivity index (χ2v) is 2.61. The maximum absolute atomic E-state index is 7.13. The van der Waals surface area contributed by atoms with E-state index in [1.54, 1.807) is 6.92 Å². The van der Waals surface area contributed by atoms with Gasteiger partial charge >= 0.3 is 0 Å². The molecule has 0 rings (SSSR count). The first kappa shape index (κ1) is 8.25. The van der Waals surface area contributed by atoms with E-state index >= 15 is 0 Å². The molecule has 0 heterocycles. The molecule has 0 saturated carbocycles. The van der Waals surface area contributed by atoms with E-state index in [1.165, 1.54) is 0 Å². The Bertz CT molecular complexity index is 80.5. The third-order valence-corrected chi connectivity index (χ3v) is 1.30. The predicted molar refractivity (Wildman–Crippen MR) is 38.4 cm³/mol. The Morgan fingerprint density at radius 2 is 2.25 bits per heavy atom. The number of rotatable bonds is 3. The van der Waals surface area contributed by atoms with Gasteiger partial charge in [-0.25, -0.2) is 0 Å². The van der Waals surface area contributed by atoms with Crippen LogP contribution in [0.1, 0.15) is 13.3 Å². The molecule has 0 radical (unpaired) electrons. The molecule has 0 aliphatic rings. The average molecular weight is 154 g/mol. The highest BCUT2D eigenvalue weighted by Gasteiger charge is 2.01. The van der Waals surface area contributed by atoms with Crippen molar-refractivity contribution in [2.24, 2.45) is 0 Å². The van der Waals surface area contributed by atoms with Gasteiger partial charge in [0.1, 0.15) is 0 Å². The maximum atomic E-state index is 7.13. The van der Waals surface area contributed by atoms with Crippen molar-refractivity contribution in [1.29, 1.82) is 5.41 Å². The zero-order chi connectivity index (χ0) is 6.57. The van der Waals surface area contributed by atoms with Crippen LogP contribution in [0, 0.1) is 5.41 Å². The van der Waals surface area contributed by atoms with Crippen LogP contribution in [-0.4, -0.2) is 17.0 Å². The molecule has 0 aromatic carbocycles. The molecule has 3 heteroatoms. The van der Waals surface area contributed by atoms with Crippen LogP contribution in [0.15, 0.2) is 0 Å². The molecule has 1 unspecified atom stereocenters. The van der Waals surface area contributed by atoms with Crippen molar-refractivity contribution in [1.82, 2.24) is 0 Å². The normalized spacial score (nSPS) is 13.4. The first-order valence-corrected chi connectivity index (χ1v) is 3.43. The minimum Gasteiger partial charge on any atom is -0.308 e. The Labute approximate surface area is 59.5 Å². The largest absolute Gasteiger partial charge is 0.308 e. The molecule has 0 amide bonds. The van der Waals surface area contributed by atoms with E-state index in [9.17, 15) is 0 Å². The summed E-state index contributed by atoms with van der Waals surface area (Å²) in [5, 5.41) is 6.97. The smallest absolute Gasteiger partial charge is 0.0683 e. The number of hydrogen-bond acceptors (Lipinski definition) is 1. The highest BCUT2D eigenvalue weighted by Crippen LogP contribution is 1.99. The van der Waals surface area contributed by atoms with Crippen LogP contribution >= 0.6 is 23.2 Å². The average Bonchev–Trinajstić information content (AvgIpc) is 1.67. The van der Waals surface area contributed by atoms with Crippen molar-refractivity contribution in [2.75, 3.05) is 5.88 Å². The van der Waals surface area contributed by atoms with Crippen LogP contribution in [0.4, 0.5) is 0 Å². The molecule has 8 heavy (non-hydrogen) atoms. The van der Waals surface area contributed by atoms with Gasteiger partial charge in [0, 0.05) is 18.0 Å². The lowest BCUT2D eigenvalue weighted by molar-refractivity contribution is 1.14. The molecular formula is C5H9Cl2N. The Balaban J connectivity index is 3.33. The lowest BCUT2D eigenvalue weighted by Gasteiger charge is -2.00. The van der Waals surface area contributed by atoms with Gasteiger partial charge in [-0.1, -0.05) is 0 Å². The summed E-state index contributed by atoms with van der Waals surface area (Å²) in [6.45, 7) is 1.77. The van der Waals surface area contributed by atoms with Gasteiger partial charge in [-0.05, 0) is 6.92 Å². The Morgan fingerprint density at radius 3 is 2.38 bits per heavy atom. The van der Waals surface area contributed by atoms with Crippen LogP contribution < -0.4 is 0 Å². The van der Waals surface area contributed by atoms with E-state index in [0.29, 0.717) is 18.0 Å². The zero-order valence-electron chi connectivity index (χ0n) is 4.75. The van der Waals surface area contributed by atoms with Gasteiger partial charge in [0.05, 0.1) is 5.38 Å². The third-order valence-electron chi connectivity index (χ3n) is 0.844. The van der Waals surface area contributed by atoms with Crippen LogP contribution in [0.5, 0.6) is 0 Å². The molecule has 48 valence electrons. The van der Waals surface area contributed by atoms with Crippen molar-refractivity contribution >= 4 is 28.9 Å². The molecule has 0 aromatic rings. The van der Waals surface area contributed by atoms with Crippen LogP contribution in [0.25, 0.3) is 0 Å². The molecular weight excluding hydrogens is 145 g/mol. The topological polar surface area (TPSA) is 23.9 Å². The fourth-order valence-electron chi connectivity index (χ4n) is 0.301. The fourth-order valence-corrected chi connectivity index (χ4v) is 0.613. The van der Waals surface area contributed by atoms with Gasteiger partial charge in [-0.2, -0.15) is 0 Å². The lowest BCUT2D eigenvalue weighted by Crippen LogP contribution is -2.08.